The molecule has 116 valence electrons. The van der Waals surface area contributed by atoms with Gasteiger partial charge in [-0.15, -0.1) is 11.3 Å². The molecule has 0 aromatic carbocycles. The molecule has 0 unspecified atom stereocenters. The average Bonchev–Trinajstić information content (AvgIpc) is 3.16. The minimum Gasteiger partial charge on any atom is -0.478 e. The van der Waals surface area contributed by atoms with E-state index in [4.69, 9.17) is 5.11 Å². The topological polar surface area (TPSA) is 75.4 Å². The van der Waals surface area contributed by atoms with Crippen LogP contribution in [-0.2, 0) is 0 Å². The lowest BCUT2D eigenvalue weighted by Gasteiger charge is -2.31. The third-order valence-corrected chi connectivity index (χ3v) is 4.91. The predicted molar refractivity (Wildman–Crippen MR) is 82.4 cm³/mol. The van der Waals surface area contributed by atoms with Crippen LogP contribution in [0.5, 0.6) is 0 Å². The summed E-state index contributed by atoms with van der Waals surface area (Å²) in [5.74, 6) is -0.879. The number of piperidine rings is 1. The summed E-state index contributed by atoms with van der Waals surface area (Å²) in [6.07, 6.45) is 4.51. The fourth-order valence-corrected chi connectivity index (χ4v) is 3.52. The first-order chi connectivity index (χ1) is 10.5. The van der Waals surface area contributed by atoms with Crippen molar-refractivity contribution in [3.05, 3.63) is 39.8 Å². The lowest BCUT2D eigenvalue weighted by molar-refractivity contribution is 0.0691. The zero-order chi connectivity index (χ0) is 15.7. The highest BCUT2D eigenvalue weighted by Crippen LogP contribution is 2.25. The van der Waals surface area contributed by atoms with Crippen LogP contribution in [0.25, 0.3) is 0 Å². The van der Waals surface area contributed by atoms with E-state index in [9.17, 15) is 9.59 Å². The highest BCUT2D eigenvalue weighted by Gasteiger charge is 2.26. The van der Waals surface area contributed by atoms with Gasteiger partial charge in [0.15, 0.2) is 0 Å². The van der Waals surface area contributed by atoms with E-state index in [0.29, 0.717) is 13.1 Å². The van der Waals surface area contributed by atoms with Gasteiger partial charge in [-0.1, -0.05) is 0 Å². The molecule has 1 N–H and O–H groups in total. The number of aromatic nitrogens is 2. The molecule has 7 heteroatoms. The maximum absolute atomic E-state index is 12.4. The number of hydrogen-bond donors (Lipinski definition) is 1. The summed E-state index contributed by atoms with van der Waals surface area (Å²) in [4.78, 5) is 27.1. The Bertz CT molecular complexity index is 698. The van der Waals surface area contributed by atoms with Gasteiger partial charge in [0.05, 0.1) is 22.7 Å². The van der Waals surface area contributed by atoms with Crippen molar-refractivity contribution in [1.82, 2.24) is 14.7 Å². The first-order valence-electron chi connectivity index (χ1n) is 7.18. The van der Waals surface area contributed by atoms with Gasteiger partial charge in [0.2, 0.25) is 0 Å². The molecule has 6 nitrogen and oxygen atoms in total. The molecular formula is C15H17N3O3S. The highest BCUT2D eigenvalue weighted by atomic mass is 32.1. The molecule has 0 bridgehead atoms. The van der Waals surface area contributed by atoms with Crippen molar-refractivity contribution in [2.24, 2.45) is 0 Å². The molecule has 3 rings (SSSR count). The molecule has 2 aromatic heterocycles. The van der Waals surface area contributed by atoms with Crippen LogP contribution in [0.4, 0.5) is 0 Å². The number of carboxylic acids is 1. The monoisotopic (exact) mass is 319 g/mol. The van der Waals surface area contributed by atoms with Gasteiger partial charge in [0.25, 0.3) is 5.91 Å². The van der Waals surface area contributed by atoms with Crippen LogP contribution in [0.15, 0.2) is 24.5 Å². The predicted octanol–water partition coefficient (Wildman–Crippen LogP) is 2.43. The Kier molecular flexibility index (Phi) is 3.98. The molecular weight excluding hydrogens is 302 g/mol. The van der Waals surface area contributed by atoms with Crippen LogP contribution in [0, 0.1) is 6.92 Å². The minimum absolute atomic E-state index is 0.0863. The van der Waals surface area contributed by atoms with E-state index in [0.717, 1.165) is 22.6 Å². The van der Waals surface area contributed by atoms with E-state index in [1.807, 2.05) is 24.0 Å². The Labute approximate surface area is 132 Å². The zero-order valence-corrected chi connectivity index (χ0v) is 13.0. The first-order valence-corrected chi connectivity index (χ1v) is 7.99. The summed E-state index contributed by atoms with van der Waals surface area (Å²) < 4.78 is 1.71. The van der Waals surface area contributed by atoms with Crippen molar-refractivity contribution in [2.75, 3.05) is 13.1 Å². The standard InChI is InChI=1S/C15H17N3O3S/c1-10-2-3-13(22-10)14(19)17-6-4-12(5-7-17)18-9-11(8-16-18)15(20)21/h2-3,8-9,12H,4-7H2,1H3,(H,20,21). The number of carbonyl (C=O) groups is 2. The Hall–Kier alpha value is -2.15. The van der Waals surface area contributed by atoms with Crippen LogP contribution in [0.2, 0.25) is 0 Å². The molecule has 0 spiro atoms. The van der Waals surface area contributed by atoms with Crippen LogP contribution in [0.3, 0.4) is 0 Å². The van der Waals surface area contributed by atoms with Crippen molar-refractivity contribution in [3.8, 4) is 0 Å². The van der Waals surface area contributed by atoms with Crippen LogP contribution < -0.4 is 0 Å². The van der Waals surface area contributed by atoms with Crippen LogP contribution in [0.1, 0.15) is 43.8 Å². The number of carbonyl (C=O) groups excluding carboxylic acids is 1. The molecule has 1 amide bonds. The van der Waals surface area contributed by atoms with E-state index in [-0.39, 0.29) is 17.5 Å². The number of aromatic carboxylic acids is 1. The van der Waals surface area contributed by atoms with E-state index in [1.54, 1.807) is 10.9 Å². The van der Waals surface area contributed by atoms with Gasteiger partial charge in [-0.05, 0) is 31.9 Å². The van der Waals surface area contributed by atoms with Crippen molar-refractivity contribution in [1.29, 1.82) is 0 Å². The first kappa shape index (κ1) is 14.8. The summed E-state index contributed by atoms with van der Waals surface area (Å²) in [5, 5.41) is 13.1. The average molecular weight is 319 g/mol. The third kappa shape index (κ3) is 2.89. The quantitative estimate of drug-likeness (QED) is 0.943. The molecule has 1 saturated heterocycles. The van der Waals surface area contributed by atoms with Gasteiger partial charge < -0.3 is 10.0 Å². The number of nitrogens with zero attached hydrogens (tertiary/aromatic N) is 3. The van der Waals surface area contributed by atoms with Gasteiger partial charge in [-0.2, -0.15) is 5.10 Å². The lowest BCUT2D eigenvalue weighted by atomic mass is 10.1. The third-order valence-electron chi connectivity index (χ3n) is 3.93. The Balaban J connectivity index is 1.62. The number of carboxylic acid groups (broad SMARTS) is 1. The molecule has 1 fully saturated rings. The van der Waals surface area contributed by atoms with E-state index < -0.39 is 5.97 Å². The molecule has 0 aliphatic carbocycles. The molecule has 0 radical (unpaired) electrons. The van der Waals surface area contributed by atoms with E-state index >= 15 is 0 Å². The second-order valence-corrected chi connectivity index (χ2v) is 6.74. The van der Waals surface area contributed by atoms with Crippen molar-refractivity contribution >= 4 is 23.2 Å². The second-order valence-electron chi connectivity index (χ2n) is 5.45. The summed E-state index contributed by atoms with van der Waals surface area (Å²) in [6.45, 7) is 3.33. The largest absolute Gasteiger partial charge is 0.478 e. The minimum atomic E-state index is -0.966. The number of likely N-dealkylation sites (tertiary alicyclic amines) is 1. The van der Waals surface area contributed by atoms with E-state index in [1.165, 1.54) is 17.5 Å². The normalized spacial score (nSPS) is 16.0. The molecule has 0 atom stereocenters. The highest BCUT2D eigenvalue weighted by molar-refractivity contribution is 7.13. The van der Waals surface area contributed by atoms with Gasteiger partial charge in [0, 0.05) is 24.2 Å². The Morgan fingerprint density at radius 1 is 1.32 bits per heavy atom. The zero-order valence-electron chi connectivity index (χ0n) is 12.2. The molecule has 1 aliphatic rings. The lowest BCUT2D eigenvalue weighted by Crippen LogP contribution is -2.38. The van der Waals surface area contributed by atoms with Gasteiger partial charge in [0.1, 0.15) is 0 Å². The molecule has 3 heterocycles. The van der Waals surface area contributed by atoms with Crippen LogP contribution >= 0.6 is 11.3 Å². The fraction of sp³-hybridized carbons (Fsp3) is 0.400. The number of amides is 1. The molecule has 22 heavy (non-hydrogen) atoms. The summed E-state index contributed by atoms with van der Waals surface area (Å²) in [6, 6.07) is 3.99. The molecule has 1 aliphatic heterocycles. The summed E-state index contributed by atoms with van der Waals surface area (Å²) in [7, 11) is 0. The maximum Gasteiger partial charge on any atom is 0.338 e. The van der Waals surface area contributed by atoms with Gasteiger partial charge in [-0.25, -0.2) is 4.79 Å². The molecule has 0 saturated carbocycles. The van der Waals surface area contributed by atoms with Gasteiger partial charge in [-0.3, -0.25) is 9.48 Å². The Morgan fingerprint density at radius 3 is 2.59 bits per heavy atom. The number of rotatable bonds is 3. The smallest absolute Gasteiger partial charge is 0.338 e. The number of aryl methyl sites for hydroxylation is 1. The maximum atomic E-state index is 12.4. The SMILES string of the molecule is Cc1ccc(C(=O)N2CCC(n3cc(C(=O)O)cn3)CC2)s1. The van der Waals surface area contributed by atoms with Crippen LogP contribution in [-0.4, -0.2) is 44.8 Å². The van der Waals surface area contributed by atoms with Crippen molar-refractivity contribution in [3.63, 3.8) is 0 Å². The summed E-state index contributed by atoms with van der Waals surface area (Å²) >= 11 is 1.52. The van der Waals surface area contributed by atoms with Crippen molar-refractivity contribution < 1.29 is 14.7 Å². The van der Waals surface area contributed by atoms with E-state index in [2.05, 4.69) is 5.10 Å². The molecule has 2 aromatic rings. The number of thiophene rings is 1. The number of hydrogen-bond acceptors (Lipinski definition) is 4. The fourth-order valence-electron chi connectivity index (χ4n) is 2.69. The van der Waals surface area contributed by atoms with Crippen molar-refractivity contribution in [2.45, 2.75) is 25.8 Å². The summed E-state index contributed by atoms with van der Waals surface area (Å²) in [5.41, 5.74) is 0.201. The Morgan fingerprint density at radius 2 is 2.05 bits per heavy atom. The van der Waals surface area contributed by atoms with Gasteiger partial charge >= 0.3 is 5.97 Å². The second kappa shape index (κ2) is 5.92.